The molecule has 1 heterocycles. The van der Waals surface area contributed by atoms with Crippen molar-refractivity contribution in [2.45, 2.75) is 11.8 Å². The van der Waals surface area contributed by atoms with Crippen molar-refractivity contribution in [3.8, 4) is 5.75 Å². The highest BCUT2D eigenvalue weighted by atomic mass is 32.3. The Morgan fingerprint density at radius 3 is 2.89 bits per heavy atom. The Balaban J connectivity index is 2.05. The molecule has 6 heteroatoms. The quantitative estimate of drug-likeness (QED) is 0.823. The van der Waals surface area contributed by atoms with Crippen molar-refractivity contribution in [1.82, 2.24) is 0 Å². The molecule has 0 saturated heterocycles. The summed E-state index contributed by atoms with van der Waals surface area (Å²) < 4.78 is 29.3. The van der Waals surface area contributed by atoms with Crippen molar-refractivity contribution in [3.05, 3.63) is 29.2 Å². The van der Waals surface area contributed by atoms with Crippen molar-refractivity contribution in [2.75, 3.05) is 13.2 Å². The van der Waals surface area contributed by atoms with Crippen LogP contribution in [0.25, 0.3) is 6.08 Å². The summed E-state index contributed by atoms with van der Waals surface area (Å²) in [6, 6.07) is 4.84. The monoisotopic (exact) mass is 270 g/mol. The Kier molecular flexibility index (Phi) is 3.60. The number of carbonyl (C=O) groups excluding carboxylic acids is 1. The second-order valence-electron chi connectivity index (χ2n) is 3.69. The third kappa shape index (κ3) is 2.66. The second kappa shape index (κ2) is 5.01. The van der Waals surface area contributed by atoms with Crippen molar-refractivity contribution in [2.24, 2.45) is 0 Å². The Morgan fingerprint density at radius 2 is 2.17 bits per heavy atom. The fraction of sp³-hybridized carbons (Fsp3) is 0.250. The molecule has 1 aromatic carbocycles. The predicted octanol–water partition coefficient (Wildman–Crippen LogP) is 2.72. The van der Waals surface area contributed by atoms with Gasteiger partial charge in [0.05, 0.1) is 11.5 Å². The average Bonchev–Trinajstić information content (AvgIpc) is 2.63. The van der Waals surface area contributed by atoms with E-state index in [0.717, 1.165) is 0 Å². The first-order valence-electron chi connectivity index (χ1n) is 5.42. The van der Waals surface area contributed by atoms with E-state index < -0.39 is 16.6 Å². The van der Waals surface area contributed by atoms with Crippen LogP contribution in [0, 0.1) is 0 Å². The van der Waals surface area contributed by atoms with Crippen LogP contribution < -0.4 is 4.74 Å². The van der Waals surface area contributed by atoms with Gasteiger partial charge >= 0.3 is 5.97 Å². The van der Waals surface area contributed by atoms with E-state index in [1.54, 1.807) is 31.2 Å². The van der Waals surface area contributed by atoms with E-state index in [0.29, 0.717) is 22.8 Å². The third-order valence-electron chi connectivity index (χ3n) is 2.40. The van der Waals surface area contributed by atoms with Gasteiger partial charge in [0, 0.05) is 11.0 Å². The summed E-state index contributed by atoms with van der Waals surface area (Å²) in [5.41, 5.74) is 0.691. The number of benzene rings is 1. The van der Waals surface area contributed by atoms with Gasteiger partial charge in [-0.05, 0) is 31.2 Å². The Morgan fingerprint density at radius 1 is 1.39 bits per heavy atom. The molecule has 2 N–H and O–H groups in total. The zero-order valence-electron chi connectivity index (χ0n) is 9.83. The van der Waals surface area contributed by atoms with Crippen LogP contribution in [0.5, 0.6) is 5.75 Å². The van der Waals surface area contributed by atoms with E-state index in [4.69, 9.17) is 9.47 Å². The molecule has 0 aliphatic carbocycles. The summed E-state index contributed by atoms with van der Waals surface area (Å²) in [5.74, 6) is 0.0568. The molecule has 0 unspecified atom stereocenters. The van der Waals surface area contributed by atoms with Crippen LogP contribution in [-0.2, 0) is 9.53 Å². The van der Waals surface area contributed by atoms with Gasteiger partial charge in [0.15, 0.2) is 6.61 Å². The van der Waals surface area contributed by atoms with Gasteiger partial charge in [-0.1, -0.05) is 0 Å². The molecule has 0 saturated carbocycles. The molecule has 5 nitrogen and oxygen atoms in total. The predicted molar refractivity (Wildman–Crippen MR) is 68.7 cm³/mol. The van der Waals surface area contributed by atoms with E-state index in [-0.39, 0.29) is 6.61 Å². The van der Waals surface area contributed by atoms with Crippen LogP contribution in [0.2, 0.25) is 0 Å². The zero-order chi connectivity index (χ0) is 13.2. The lowest BCUT2D eigenvalue weighted by Gasteiger charge is -2.25. The molecule has 1 aliphatic rings. The van der Waals surface area contributed by atoms with E-state index in [2.05, 4.69) is 0 Å². The number of carbonyl (C=O) groups is 1. The average molecular weight is 270 g/mol. The highest BCUT2D eigenvalue weighted by Crippen LogP contribution is 2.56. The van der Waals surface area contributed by atoms with Crippen molar-refractivity contribution < 1.29 is 23.4 Å². The molecule has 1 aliphatic heterocycles. The maximum absolute atomic E-state index is 11.1. The first-order valence-corrected chi connectivity index (χ1v) is 7.03. The Bertz CT molecular complexity index is 495. The molecule has 0 spiro atoms. The number of hydrogen-bond donors (Lipinski definition) is 2. The second-order valence-corrected chi connectivity index (χ2v) is 5.59. The SMILES string of the molecule is CCOC(=O)COc1ccc2c(c1)C=CS2(O)O. The zero-order valence-corrected chi connectivity index (χ0v) is 10.6. The minimum Gasteiger partial charge on any atom is -0.482 e. The summed E-state index contributed by atoms with van der Waals surface area (Å²) in [7, 11) is -2.79. The molecular formula is C12H14O5S. The van der Waals surface area contributed by atoms with E-state index >= 15 is 0 Å². The minimum atomic E-state index is -2.79. The van der Waals surface area contributed by atoms with Gasteiger partial charge in [0.2, 0.25) is 0 Å². The number of hydrogen-bond acceptors (Lipinski definition) is 5. The van der Waals surface area contributed by atoms with Gasteiger partial charge in [0.25, 0.3) is 0 Å². The first-order chi connectivity index (χ1) is 8.53. The molecule has 18 heavy (non-hydrogen) atoms. The first kappa shape index (κ1) is 12.9. The van der Waals surface area contributed by atoms with Crippen molar-refractivity contribution in [1.29, 1.82) is 0 Å². The summed E-state index contributed by atoms with van der Waals surface area (Å²) >= 11 is 0. The van der Waals surface area contributed by atoms with Gasteiger partial charge in [0.1, 0.15) is 5.75 Å². The lowest BCUT2D eigenvalue weighted by Crippen LogP contribution is -2.14. The lowest BCUT2D eigenvalue weighted by atomic mass is 10.2. The van der Waals surface area contributed by atoms with Gasteiger partial charge in [-0.2, -0.15) is 0 Å². The summed E-state index contributed by atoms with van der Waals surface area (Å²) in [6.45, 7) is 1.88. The summed E-state index contributed by atoms with van der Waals surface area (Å²) in [6.07, 6.45) is 1.63. The van der Waals surface area contributed by atoms with Crippen LogP contribution in [0.3, 0.4) is 0 Å². The molecule has 0 aromatic heterocycles. The maximum Gasteiger partial charge on any atom is 0.344 e. The lowest BCUT2D eigenvalue weighted by molar-refractivity contribution is -0.145. The van der Waals surface area contributed by atoms with E-state index in [1.807, 2.05) is 0 Å². The number of rotatable bonds is 4. The molecule has 1 aromatic rings. The van der Waals surface area contributed by atoms with Crippen LogP contribution in [0.4, 0.5) is 0 Å². The normalized spacial score (nSPS) is 17.1. The van der Waals surface area contributed by atoms with E-state index in [1.165, 1.54) is 5.41 Å². The Hall–Kier alpha value is -1.50. The Labute approximate surface area is 106 Å². The number of esters is 1. The fourth-order valence-corrected chi connectivity index (χ4v) is 2.83. The highest BCUT2D eigenvalue weighted by molar-refractivity contribution is 8.27. The molecule has 0 amide bonds. The maximum atomic E-state index is 11.1. The van der Waals surface area contributed by atoms with Crippen LogP contribution in [-0.4, -0.2) is 28.3 Å². The van der Waals surface area contributed by atoms with Crippen molar-refractivity contribution >= 4 is 22.6 Å². The fourth-order valence-electron chi connectivity index (χ4n) is 1.61. The summed E-state index contributed by atoms with van der Waals surface area (Å²) in [5, 5.41) is 1.37. The van der Waals surface area contributed by atoms with E-state index in [9.17, 15) is 13.9 Å². The van der Waals surface area contributed by atoms with Crippen LogP contribution >= 0.6 is 10.6 Å². The van der Waals surface area contributed by atoms with Gasteiger partial charge in [-0.3, -0.25) is 9.11 Å². The molecule has 98 valence electrons. The standard InChI is InChI=1S/C12H14O5S/c1-2-16-12(13)8-17-10-3-4-11-9(7-10)5-6-18(11,14)15/h3-7,14-15H,2,8H2,1H3. The third-order valence-corrected chi connectivity index (χ3v) is 3.94. The smallest absolute Gasteiger partial charge is 0.344 e. The van der Waals surface area contributed by atoms with Crippen LogP contribution in [0.1, 0.15) is 12.5 Å². The topological polar surface area (TPSA) is 76.0 Å². The summed E-state index contributed by atoms with van der Waals surface area (Å²) in [4.78, 5) is 11.6. The number of ether oxygens (including phenoxy) is 2. The molecule has 0 fully saturated rings. The minimum absolute atomic E-state index is 0.160. The molecule has 0 bridgehead atoms. The van der Waals surface area contributed by atoms with Gasteiger partial charge < -0.3 is 9.47 Å². The van der Waals surface area contributed by atoms with Gasteiger partial charge in [-0.15, -0.1) is 10.6 Å². The van der Waals surface area contributed by atoms with Crippen LogP contribution in [0.15, 0.2) is 28.5 Å². The van der Waals surface area contributed by atoms with Crippen molar-refractivity contribution in [3.63, 3.8) is 0 Å². The molecule has 0 atom stereocenters. The number of fused-ring (bicyclic) bond motifs is 1. The molecular weight excluding hydrogens is 256 g/mol. The molecule has 0 radical (unpaired) electrons. The highest BCUT2D eigenvalue weighted by Gasteiger charge is 2.21. The molecule has 2 rings (SSSR count). The largest absolute Gasteiger partial charge is 0.482 e. The van der Waals surface area contributed by atoms with Gasteiger partial charge in [-0.25, -0.2) is 4.79 Å².